The monoisotopic (exact) mass is 353 g/mol. The average Bonchev–Trinajstić information content (AvgIpc) is 2.67. The van der Waals surface area contributed by atoms with Crippen LogP contribution in [0.2, 0.25) is 0 Å². The van der Waals surface area contributed by atoms with E-state index >= 15 is 0 Å². The van der Waals surface area contributed by atoms with Crippen molar-refractivity contribution in [2.24, 2.45) is 0 Å². The molecule has 0 unspecified atom stereocenters. The number of carbonyl (C=O) groups excluding carboxylic acids is 2. The van der Waals surface area contributed by atoms with Crippen LogP contribution in [0.15, 0.2) is 48.5 Å². The highest BCUT2D eigenvalue weighted by atomic mass is 19.1. The summed E-state index contributed by atoms with van der Waals surface area (Å²) in [6, 6.07) is 14.0. The molecule has 0 N–H and O–H groups in total. The van der Waals surface area contributed by atoms with Crippen molar-refractivity contribution in [3.8, 4) is 0 Å². The summed E-state index contributed by atoms with van der Waals surface area (Å²) in [7, 11) is 0. The van der Waals surface area contributed by atoms with Crippen LogP contribution in [0.1, 0.15) is 35.6 Å². The molecule has 2 aliphatic heterocycles. The molecular formula is C21H20FNO3. The number of fused-ring (bicyclic) bond motifs is 1. The number of Topliss-reactive ketones (excluding diaryl/α,β-unsaturated/α-hetero) is 1. The molecule has 0 aromatic heterocycles. The Kier molecular flexibility index (Phi) is 4.55. The molecule has 0 bridgehead atoms. The Hall–Kier alpha value is -2.53. The number of ketones is 1. The van der Waals surface area contributed by atoms with Gasteiger partial charge >= 0.3 is 0 Å². The van der Waals surface area contributed by atoms with Crippen molar-refractivity contribution in [1.82, 2.24) is 4.90 Å². The molecule has 2 aromatic carbocycles. The average molecular weight is 353 g/mol. The number of benzene rings is 2. The van der Waals surface area contributed by atoms with Crippen LogP contribution in [0.5, 0.6) is 0 Å². The molecule has 1 saturated heterocycles. The molecule has 26 heavy (non-hydrogen) atoms. The zero-order chi connectivity index (χ0) is 18.1. The second-order valence-electron chi connectivity index (χ2n) is 6.79. The summed E-state index contributed by atoms with van der Waals surface area (Å²) in [4.78, 5) is 26.7. The molecule has 4 nitrogen and oxygen atoms in total. The minimum Gasteiger partial charge on any atom is -0.367 e. The van der Waals surface area contributed by atoms with Crippen molar-refractivity contribution < 1.29 is 18.7 Å². The molecule has 0 spiro atoms. The van der Waals surface area contributed by atoms with Gasteiger partial charge in [0.25, 0.3) is 5.91 Å². The number of hydrogen-bond donors (Lipinski definition) is 0. The number of amides is 1. The van der Waals surface area contributed by atoms with Crippen molar-refractivity contribution in [3.63, 3.8) is 0 Å². The topological polar surface area (TPSA) is 46.6 Å². The Morgan fingerprint density at radius 1 is 1.08 bits per heavy atom. The molecular weight excluding hydrogens is 333 g/mol. The molecule has 1 fully saturated rings. The molecule has 2 aliphatic rings. The summed E-state index contributed by atoms with van der Waals surface area (Å²) >= 11 is 0. The lowest BCUT2D eigenvalue weighted by Gasteiger charge is -2.39. The highest BCUT2D eigenvalue weighted by Gasteiger charge is 2.37. The number of rotatable bonds is 2. The van der Waals surface area contributed by atoms with E-state index in [0.29, 0.717) is 19.6 Å². The summed E-state index contributed by atoms with van der Waals surface area (Å²) in [5.74, 6) is -0.413. The van der Waals surface area contributed by atoms with Crippen LogP contribution in [0.4, 0.5) is 4.39 Å². The molecule has 5 heteroatoms. The first-order valence-electron chi connectivity index (χ1n) is 8.90. The van der Waals surface area contributed by atoms with Crippen LogP contribution in [0, 0.1) is 5.82 Å². The predicted octanol–water partition coefficient (Wildman–Crippen LogP) is 3.05. The van der Waals surface area contributed by atoms with E-state index < -0.39 is 6.10 Å². The van der Waals surface area contributed by atoms with E-state index in [-0.39, 0.29) is 30.0 Å². The van der Waals surface area contributed by atoms with Gasteiger partial charge in [-0.05, 0) is 35.2 Å². The van der Waals surface area contributed by atoms with Crippen LogP contribution >= 0.6 is 0 Å². The fourth-order valence-corrected chi connectivity index (χ4v) is 3.83. The van der Waals surface area contributed by atoms with Gasteiger partial charge in [-0.25, -0.2) is 4.39 Å². The van der Waals surface area contributed by atoms with Crippen LogP contribution < -0.4 is 0 Å². The van der Waals surface area contributed by atoms with E-state index in [9.17, 15) is 14.0 Å². The maximum absolute atomic E-state index is 13.4. The van der Waals surface area contributed by atoms with Gasteiger partial charge in [0, 0.05) is 19.4 Å². The third-order valence-electron chi connectivity index (χ3n) is 5.14. The molecule has 1 amide bonds. The highest BCUT2D eigenvalue weighted by Crippen LogP contribution is 2.36. The smallest absolute Gasteiger partial charge is 0.252 e. The Bertz CT molecular complexity index is 833. The standard InChI is InChI=1S/C21H20FNO3/c22-16-7-5-15(6-8-16)20-18-4-2-1-3-14(18)9-11-23(20)21(25)19-13-17(24)10-12-26-19/h1-8,19-20H,9-13H2/t19-,20+/m1/s1. The first kappa shape index (κ1) is 16.9. The Balaban J connectivity index is 1.72. The molecule has 0 saturated carbocycles. The van der Waals surface area contributed by atoms with Gasteiger partial charge in [-0.1, -0.05) is 36.4 Å². The molecule has 2 heterocycles. The summed E-state index contributed by atoms with van der Waals surface area (Å²) in [5, 5.41) is 0. The minimum atomic E-state index is -0.718. The second-order valence-corrected chi connectivity index (χ2v) is 6.79. The van der Waals surface area contributed by atoms with Gasteiger partial charge in [0.2, 0.25) is 0 Å². The Morgan fingerprint density at radius 2 is 1.85 bits per heavy atom. The Labute approximate surface area is 151 Å². The van der Waals surface area contributed by atoms with Gasteiger partial charge < -0.3 is 9.64 Å². The first-order valence-corrected chi connectivity index (χ1v) is 8.90. The zero-order valence-corrected chi connectivity index (χ0v) is 14.4. The van der Waals surface area contributed by atoms with Gasteiger partial charge in [0.05, 0.1) is 12.6 Å². The number of carbonyl (C=O) groups is 2. The molecule has 2 atom stereocenters. The molecule has 0 aliphatic carbocycles. The van der Waals surface area contributed by atoms with Gasteiger partial charge in [-0.3, -0.25) is 9.59 Å². The van der Waals surface area contributed by atoms with Crippen molar-refractivity contribution in [1.29, 1.82) is 0 Å². The zero-order valence-electron chi connectivity index (χ0n) is 14.4. The van der Waals surface area contributed by atoms with Gasteiger partial charge in [0.1, 0.15) is 17.7 Å². The summed E-state index contributed by atoms with van der Waals surface area (Å²) in [6.07, 6.45) is 0.533. The summed E-state index contributed by atoms with van der Waals surface area (Å²) in [6.45, 7) is 0.840. The van der Waals surface area contributed by atoms with E-state index in [0.717, 1.165) is 17.5 Å². The van der Waals surface area contributed by atoms with Crippen molar-refractivity contribution >= 4 is 11.7 Å². The lowest BCUT2D eigenvalue weighted by atomic mass is 9.87. The first-order chi connectivity index (χ1) is 12.6. The van der Waals surface area contributed by atoms with Crippen LogP contribution in [-0.2, 0) is 20.7 Å². The van der Waals surface area contributed by atoms with Crippen LogP contribution in [0.25, 0.3) is 0 Å². The maximum Gasteiger partial charge on any atom is 0.252 e. The largest absolute Gasteiger partial charge is 0.367 e. The lowest BCUT2D eigenvalue weighted by Crippen LogP contribution is -2.48. The van der Waals surface area contributed by atoms with E-state index in [1.54, 1.807) is 17.0 Å². The van der Waals surface area contributed by atoms with Crippen molar-refractivity contribution in [2.45, 2.75) is 31.4 Å². The maximum atomic E-state index is 13.4. The number of ether oxygens (including phenoxy) is 1. The fourth-order valence-electron chi connectivity index (χ4n) is 3.83. The van der Waals surface area contributed by atoms with E-state index in [2.05, 4.69) is 6.07 Å². The molecule has 4 rings (SSSR count). The predicted molar refractivity (Wildman–Crippen MR) is 94.1 cm³/mol. The van der Waals surface area contributed by atoms with E-state index in [1.165, 1.54) is 17.7 Å². The quantitative estimate of drug-likeness (QED) is 0.834. The van der Waals surface area contributed by atoms with Crippen LogP contribution in [0.3, 0.4) is 0 Å². The molecule has 134 valence electrons. The van der Waals surface area contributed by atoms with E-state index in [4.69, 9.17) is 4.74 Å². The van der Waals surface area contributed by atoms with Gasteiger partial charge in [-0.15, -0.1) is 0 Å². The second kappa shape index (κ2) is 7.00. The normalized spacial score (nSPS) is 22.8. The molecule has 0 radical (unpaired) electrons. The number of halogens is 1. The summed E-state index contributed by atoms with van der Waals surface area (Å²) in [5.41, 5.74) is 3.08. The minimum absolute atomic E-state index is 0.0605. The third-order valence-corrected chi connectivity index (χ3v) is 5.14. The molecule has 2 aromatic rings. The lowest BCUT2D eigenvalue weighted by molar-refractivity contribution is -0.153. The van der Waals surface area contributed by atoms with Gasteiger partial charge in [-0.2, -0.15) is 0 Å². The Morgan fingerprint density at radius 3 is 2.62 bits per heavy atom. The fraction of sp³-hybridized carbons (Fsp3) is 0.333. The van der Waals surface area contributed by atoms with Crippen molar-refractivity contribution in [3.05, 3.63) is 71.0 Å². The number of hydrogen-bond acceptors (Lipinski definition) is 3. The number of nitrogens with zero attached hydrogens (tertiary/aromatic N) is 1. The highest BCUT2D eigenvalue weighted by molar-refractivity contribution is 5.90. The van der Waals surface area contributed by atoms with Crippen molar-refractivity contribution in [2.75, 3.05) is 13.2 Å². The van der Waals surface area contributed by atoms with E-state index in [1.807, 2.05) is 18.2 Å². The summed E-state index contributed by atoms with van der Waals surface area (Å²) < 4.78 is 19.0. The SMILES string of the molecule is O=C1CCO[C@@H](C(=O)N2CCc3ccccc3[C@@H]2c2ccc(F)cc2)C1. The third kappa shape index (κ3) is 3.15. The van der Waals surface area contributed by atoms with Gasteiger partial charge in [0.15, 0.2) is 0 Å². The van der Waals surface area contributed by atoms with Crippen LogP contribution in [-0.4, -0.2) is 35.8 Å².